The number of anilines is 1. The summed E-state index contributed by atoms with van der Waals surface area (Å²) in [4.78, 5) is 28.6. The molecular formula is C29H35N3O5S. The Morgan fingerprint density at radius 2 is 1.55 bits per heavy atom. The Bertz CT molecular complexity index is 1360. The quantitative estimate of drug-likeness (QED) is 0.404. The minimum Gasteiger partial charge on any atom is -0.497 e. The Labute approximate surface area is 225 Å². The van der Waals surface area contributed by atoms with E-state index in [0.717, 1.165) is 32.8 Å². The minimum absolute atomic E-state index is 0.0887. The molecule has 1 N–H and O–H groups in total. The van der Waals surface area contributed by atoms with E-state index in [1.807, 2.05) is 56.3 Å². The van der Waals surface area contributed by atoms with Crippen molar-refractivity contribution in [1.82, 2.24) is 10.2 Å². The summed E-state index contributed by atoms with van der Waals surface area (Å²) < 4.78 is 32.2. The first-order chi connectivity index (χ1) is 18.0. The fraction of sp³-hybridized carbons (Fsp3) is 0.310. The van der Waals surface area contributed by atoms with Crippen LogP contribution in [0.4, 0.5) is 5.69 Å². The predicted molar refractivity (Wildman–Crippen MR) is 150 cm³/mol. The van der Waals surface area contributed by atoms with E-state index in [-0.39, 0.29) is 18.9 Å². The molecule has 0 spiro atoms. The van der Waals surface area contributed by atoms with Crippen molar-refractivity contribution in [3.05, 3.63) is 95.1 Å². The third-order valence-electron chi connectivity index (χ3n) is 6.18. The standard InChI is InChI=1S/C29H35N3O5S/c1-21-14-22(2)16-25(15-21)32(38(5,35)36)20-28(33)31(19-24-12-9-13-26(17-24)37-4)27(29(34)30-3)18-23-10-7-6-8-11-23/h6-17,27H,18-20H2,1-5H3,(H,30,34)/t27-/m0/s1. The van der Waals surface area contributed by atoms with Gasteiger partial charge in [0.1, 0.15) is 18.3 Å². The second kappa shape index (κ2) is 12.6. The van der Waals surface area contributed by atoms with Gasteiger partial charge in [0, 0.05) is 20.0 Å². The number of methoxy groups -OCH3 is 1. The highest BCUT2D eigenvalue weighted by Crippen LogP contribution is 2.23. The summed E-state index contributed by atoms with van der Waals surface area (Å²) in [6, 6.07) is 21.2. The van der Waals surface area contributed by atoms with E-state index in [1.54, 1.807) is 37.4 Å². The Morgan fingerprint density at radius 3 is 2.13 bits per heavy atom. The number of hydrogen-bond donors (Lipinski definition) is 1. The van der Waals surface area contributed by atoms with Gasteiger partial charge in [0.05, 0.1) is 19.1 Å². The molecule has 0 unspecified atom stereocenters. The Kier molecular flexibility index (Phi) is 9.52. The third-order valence-corrected chi connectivity index (χ3v) is 7.32. The average Bonchev–Trinajstić information content (AvgIpc) is 2.88. The van der Waals surface area contributed by atoms with Gasteiger partial charge in [-0.3, -0.25) is 13.9 Å². The molecule has 0 aliphatic rings. The second-order valence-corrected chi connectivity index (χ2v) is 11.2. The van der Waals surface area contributed by atoms with Crippen LogP contribution in [0.5, 0.6) is 5.75 Å². The van der Waals surface area contributed by atoms with E-state index in [4.69, 9.17) is 4.74 Å². The van der Waals surface area contributed by atoms with Gasteiger partial charge >= 0.3 is 0 Å². The zero-order valence-electron chi connectivity index (χ0n) is 22.5. The van der Waals surface area contributed by atoms with Crippen molar-refractivity contribution in [1.29, 1.82) is 0 Å². The van der Waals surface area contributed by atoms with Gasteiger partial charge in [0.2, 0.25) is 21.8 Å². The van der Waals surface area contributed by atoms with Crippen LogP contribution in [0.3, 0.4) is 0 Å². The van der Waals surface area contributed by atoms with Gasteiger partial charge in [-0.05, 0) is 60.4 Å². The summed E-state index contributed by atoms with van der Waals surface area (Å²) in [5.74, 6) is -0.230. The molecule has 1 atom stereocenters. The molecule has 0 saturated carbocycles. The number of likely N-dealkylation sites (N-methyl/N-ethyl adjacent to an activating group) is 1. The topological polar surface area (TPSA) is 96.0 Å². The first kappa shape index (κ1) is 28.7. The molecule has 0 aliphatic heterocycles. The van der Waals surface area contributed by atoms with E-state index >= 15 is 0 Å². The van der Waals surface area contributed by atoms with E-state index in [1.165, 1.54) is 11.9 Å². The minimum atomic E-state index is -3.81. The number of nitrogens with one attached hydrogen (secondary N) is 1. The van der Waals surface area contributed by atoms with Gasteiger partial charge in [-0.15, -0.1) is 0 Å². The molecule has 0 fully saturated rings. The van der Waals surface area contributed by atoms with Crippen LogP contribution in [0, 0.1) is 13.8 Å². The van der Waals surface area contributed by atoms with Gasteiger partial charge in [-0.1, -0.05) is 48.5 Å². The number of aryl methyl sites for hydroxylation is 2. The fourth-order valence-electron chi connectivity index (χ4n) is 4.40. The van der Waals surface area contributed by atoms with Crippen molar-refractivity contribution in [3.63, 3.8) is 0 Å². The Morgan fingerprint density at radius 1 is 0.921 bits per heavy atom. The van der Waals surface area contributed by atoms with Crippen molar-refractivity contribution in [3.8, 4) is 5.75 Å². The van der Waals surface area contributed by atoms with Crippen molar-refractivity contribution in [2.75, 3.05) is 31.3 Å². The molecule has 0 bridgehead atoms. The molecule has 2 amide bonds. The van der Waals surface area contributed by atoms with Crippen LogP contribution in [-0.4, -0.2) is 58.1 Å². The van der Waals surface area contributed by atoms with Crippen LogP contribution in [0.15, 0.2) is 72.8 Å². The van der Waals surface area contributed by atoms with E-state index in [2.05, 4.69) is 5.32 Å². The van der Waals surface area contributed by atoms with Gasteiger partial charge in [0.15, 0.2) is 0 Å². The second-order valence-electron chi connectivity index (χ2n) is 9.31. The zero-order chi connectivity index (χ0) is 27.9. The summed E-state index contributed by atoms with van der Waals surface area (Å²) >= 11 is 0. The molecule has 202 valence electrons. The van der Waals surface area contributed by atoms with E-state index in [0.29, 0.717) is 11.4 Å². The maximum absolute atomic E-state index is 14.0. The molecule has 0 aromatic heterocycles. The summed E-state index contributed by atoms with van der Waals surface area (Å²) in [7, 11) is -0.734. The van der Waals surface area contributed by atoms with Gasteiger partial charge in [-0.2, -0.15) is 0 Å². The van der Waals surface area contributed by atoms with Crippen molar-refractivity contribution < 1.29 is 22.7 Å². The van der Waals surface area contributed by atoms with Crippen LogP contribution < -0.4 is 14.4 Å². The van der Waals surface area contributed by atoms with E-state index < -0.39 is 28.5 Å². The van der Waals surface area contributed by atoms with Crippen LogP contribution in [-0.2, 0) is 32.6 Å². The molecule has 8 nitrogen and oxygen atoms in total. The maximum Gasteiger partial charge on any atom is 0.244 e. The summed E-state index contributed by atoms with van der Waals surface area (Å²) in [5, 5.41) is 2.67. The fourth-order valence-corrected chi connectivity index (χ4v) is 5.23. The monoisotopic (exact) mass is 537 g/mol. The molecule has 0 heterocycles. The highest BCUT2D eigenvalue weighted by atomic mass is 32.2. The van der Waals surface area contributed by atoms with Crippen molar-refractivity contribution >= 4 is 27.5 Å². The van der Waals surface area contributed by atoms with Gasteiger partial charge in [0.25, 0.3) is 0 Å². The molecule has 9 heteroatoms. The molecule has 0 aliphatic carbocycles. The number of rotatable bonds is 11. The smallest absolute Gasteiger partial charge is 0.244 e. The lowest BCUT2D eigenvalue weighted by Gasteiger charge is -2.33. The zero-order valence-corrected chi connectivity index (χ0v) is 23.3. The number of benzene rings is 3. The Hall–Kier alpha value is -3.85. The number of carbonyl (C=O) groups excluding carboxylic acids is 2. The first-order valence-corrected chi connectivity index (χ1v) is 14.1. The number of amides is 2. The van der Waals surface area contributed by atoms with Crippen molar-refractivity contribution in [2.24, 2.45) is 0 Å². The summed E-state index contributed by atoms with van der Waals surface area (Å²) in [6.07, 6.45) is 1.34. The molecule has 0 radical (unpaired) electrons. The summed E-state index contributed by atoms with van der Waals surface area (Å²) in [6.45, 7) is 3.38. The van der Waals surface area contributed by atoms with Gasteiger partial charge < -0.3 is 15.0 Å². The normalized spacial score (nSPS) is 11.9. The van der Waals surface area contributed by atoms with Crippen LogP contribution >= 0.6 is 0 Å². The molecule has 3 aromatic rings. The number of nitrogens with zero attached hydrogens (tertiary/aromatic N) is 2. The number of carbonyl (C=O) groups is 2. The lowest BCUT2D eigenvalue weighted by atomic mass is 10.0. The Balaban J connectivity index is 2.05. The van der Waals surface area contributed by atoms with Crippen LogP contribution in [0.25, 0.3) is 0 Å². The lowest BCUT2D eigenvalue weighted by molar-refractivity contribution is -0.139. The largest absolute Gasteiger partial charge is 0.497 e. The number of ether oxygens (including phenoxy) is 1. The molecule has 0 saturated heterocycles. The molecule has 38 heavy (non-hydrogen) atoms. The number of sulfonamides is 1. The molecular weight excluding hydrogens is 502 g/mol. The van der Waals surface area contributed by atoms with Crippen molar-refractivity contribution in [2.45, 2.75) is 32.9 Å². The highest BCUT2D eigenvalue weighted by molar-refractivity contribution is 7.92. The molecule has 3 rings (SSSR count). The van der Waals surface area contributed by atoms with Crippen LogP contribution in [0.1, 0.15) is 22.3 Å². The SMILES string of the molecule is CNC(=O)[C@H](Cc1ccccc1)N(Cc1cccc(OC)c1)C(=O)CN(c1cc(C)cc(C)c1)S(C)(=O)=O. The van der Waals surface area contributed by atoms with Gasteiger partial charge in [-0.25, -0.2) is 8.42 Å². The van der Waals surface area contributed by atoms with Crippen LogP contribution in [0.2, 0.25) is 0 Å². The first-order valence-electron chi connectivity index (χ1n) is 12.3. The third kappa shape index (κ3) is 7.58. The number of hydrogen-bond acceptors (Lipinski definition) is 5. The maximum atomic E-state index is 14.0. The summed E-state index contributed by atoms with van der Waals surface area (Å²) in [5.41, 5.74) is 3.78. The highest BCUT2D eigenvalue weighted by Gasteiger charge is 2.32. The lowest BCUT2D eigenvalue weighted by Crippen LogP contribution is -2.52. The predicted octanol–water partition coefficient (Wildman–Crippen LogP) is 3.46. The van der Waals surface area contributed by atoms with E-state index in [9.17, 15) is 18.0 Å². The molecule has 3 aromatic carbocycles. The average molecular weight is 538 g/mol.